The van der Waals surface area contributed by atoms with Crippen molar-refractivity contribution < 1.29 is 9.53 Å². The number of carbonyl (C=O) groups excluding carboxylic acids is 1. The third-order valence-electron chi connectivity index (χ3n) is 5.22. The van der Waals surface area contributed by atoms with E-state index in [2.05, 4.69) is 44.7 Å². The molecule has 0 spiro atoms. The number of fused-ring (bicyclic) bond motifs is 1. The number of hydrogen-bond donors (Lipinski definition) is 1. The molecule has 4 heterocycles. The summed E-state index contributed by atoms with van der Waals surface area (Å²) in [5.41, 5.74) is 0.446. The first-order valence-corrected chi connectivity index (χ1v) is 9.25. The van der Waals surface area contributed by atoms with Crippen LogP contribution in [0.5, 0.6) is 0 Å². The lowest BCUT2D eigenvalue weighted by Gasteiger charge is -2.37. The Kier molecular flexibility index (Phi) is 4.47. The van der Waals surface area contributed by atoms with E-state index in [9.17, 15) is 4.79 Å². The molecule has 0 bridgehead atoms. The highest BCUT2D eigenvalue weighted by atomic mass is 16.5. The van der Waals surface area contributed by atoms with Crippen LogP contribution in [0.15, 0.2) is 12.1 Å². The zero-order valence-corrected chi connectivity index (χ0v) is 15.3. The second-order valence-electron chi connectivity index (χ2n) is 7.81. The normalized spacial score (nSPS) is 26.0. The lowest BCUT2D eigenvalue weighted by atomic mass is 9.92. The minimum atomic E-state index is -0.167. The number of amides is 1. The lowest BCUT2D eigenvalue weighted by Crippen LogP contribution is -2.50. The van der Waals surface area contributed by atoms with Gasteiger partial charge in [-0.2, -0.15) is 0 Å². The second kappa shape index (κ2) is 6.79. The zero-order valence-electron chi connectivity index (χ0n) is 15.3. The molecule has 9 nitrogen and oxygen atoms in total. The fraction of sp³-hybridized carbons (Fsp3) is 0.706. The molecule has 2 aromatic rings. The highest BCUT2D eigenvalue weighted by molar-refractivity contribution is 5.79. The van der Waals surface area contributed by atoms with E-state index in [-0.39, 0.29) is 23.5 Å². The molecule has 0 saturated carbocycles. The Hall–Kier alpha value is -2.29. The van der Waals surface area contributed by atoms with Gasteiger partial charge in [-0.05, 0) is 62.1 Å². The van der Waals surface area contributed by atoms with E-state index >= 15 is 0 Å². The van der Waals surface area contributed by atoms with Crippen LogP contribution in [0, 0.1) is 5.92 Å². The van der Waals surface area contributed by atoms with Crippen molar-refractivity contribution in [2.24, 2.45) is 5.92 Å². The summed E-state index contributed by atoms with van der Waals surface area (Å²) in [6.45, 7) is 6.40. The summed E-state index contributed by atoms with van der Waals surface area (Å²) in [6, 6.07) is 3.95. The summed E-state index contributed by atoms with van der Waals surface area (Å²) in [5.74, 6) is 0.913. The number of aromatic nitrogens is 5. The highest BCUT2D eigenvalue weighted by Gasteiger charge is 2.32. The Labute approximate surface area is 152 Å². The molecular weight excluding hydrogens is 334 g/mol. The van der Waals surface area contributed by atoms with Crippen molar-refractivity contribution >= 4 is 17.4 Å². The summed E-state index contributed by atoms with van der Waals surface area (Å²) >= 11 is 0. The van der Waals surface area contributed by atoms with E-state index in [1.807, 2.05) is 12.1 Å². The molecule has 2 fully saturated rings. The fourth-order valence-electron chi connectivity index (χ4n) is 3.88. The minimum Gasteiger partial charge on any atom is -0.375 e. The Balaban J connectivity index is 1.40. The van der Waals surface area contributed by atoms with E-state index in [0.29, 0.717) is 18.8 Å². The van der Waals surface area contributed by atoms with Crippen LogP contribution in [0.4, 0.5) is 5.82 Å². The zero-order chi connectivity index (χ0) is 18.1. The number of piperidine rings is 1. The molecule has 26 heavy (non-hydrogen) atoms. The van der Waals surface area contributed by atoms with Crippen LogP contribution in [-0.4, -0.2) is 62.5 Å². The number of carbonyl (C=O) groups is 1. The maximum atomic E-state index is 12.8. The lowest BCUT2D eigenvalue weighted by molar-refractivity contribution is -0.128. The van der Waals surface area contributed by atoms with Crippen molar-refractivity contribution in [2.45, 2.75) is 51.2 Å². The molecule has 2 aliphatic heterocycles. The molecule has 0 aliphatic carbocycles. The summed E-state index contributed by atoms with van der Waals surface area (Å²) in [7, 11) is 0. The molecule has 9 heteroatoms. The Morgan fingerprint density at radius 2 is 2.23 bits per heavy atom. The molecule has 4 rings (SSSR count). The van der Waals surface area contributed by atoms with Crippen LogP contribution in [0.25, 0.3) is 5.65 Å². The summed E-state index contributed by atoms with van der Waals surface area (Å²) in [6.07, 6.45) is 3.60. The van der Waals surface area contributed by atoms with Gasteiger partial charge in [-0.1, -0.05) is 0 Å². The first-order chi connectivity index (χ1) is 12.5. The summed E-state index contributed by atoms with van der Waals surface area (Å²) in [5, 5.41) is 19.0. The number of anilines is 1. The Morgan fingerprint density at radius 1 is 1.35 bits per heavy atom. The van der Waals surface area contributed by atoms with Crippen molar-refractivity contribution in [1.82, 2.24) is 30.6 Å². The second-order valence-corrected chi connectivity index (χ2v) is 7.81. The monoisotopic (exact) mass is 359 g/mol. The number of rotatable bonds is 3. The third kappa shape index (κ3) is 3.62. The number of nitrogens with zero attached hydrogens (tertiary/aromatic N) is 6. The molecule has 2 aromatic heterocycles. The average Bonchev–Trinajstić information content (AvgIpc) is 3.08. The minimum absolute atomic E-state index is 0.0268. The van der Waals surface area contributed by atoms with Gasteiger partial charge in [-0.25, -0.2) is 0 Å². The molecule has 0 radical (unpaired) electrons. The average molecular weight is 359 g/mol. The van der Waals surface area contributed by atoms with Crippen LogP contribution < -0.4 is 10.2 Å². The molecule has 1 N–H and O–H groups in total. The van der Waals surface area contributed by atoms with Gasteiger partial charge in [0.25, 0.3) is 0 Å². The number of nitrogens with one attached hydrogen (secondary N) is 1. The van der Waals surface area contributed by atoms with Gasteiger partial charge in [-0.3, -0.25) is 4.79 Å². The fourth-order valence-corrected chi connectivity index (χ4v) is 3.88. The van der Waals surface area contributed by atoms with E-state index in [1.165, 1.54) is 4.63 Å². The maximum Gasteiger partial charge on any atom is 0.225 e. The van der Waals surface area contributed by atoms with E-state index in [4.69, 9.17) is 4.74 Å². The van der Waals surface area contributed by atoms with Crippen LogP contribution >= 0.6 is 0 Å². The first kappa shape index (κ1) is 17.1. The summed E-state index contributed by atoms with van der Waals surface area (Å²) in [4.78, 5) is 14.9. The van der Waals surface area contributed by atoms with Crippen LogP contribution in [0.2, 0.25) is 0 Å². The quantitative estimate of drug-likeness (QED) is 0.866. The summed E-state index contributed by atoms with van der Waals surface area (Å²) < 4.78 is 7.16. The van der Waals surface area contributed by atoms with Crippen LogP contribution in [0.1, 0.15) is 39.5 Å². The van der Waals surface area contributed by atoms with Gasteiger partial charge >= 0.3 is 0 Å². The van der Waals surface area contributed by atoms with Gasteiger partial charge in [0.2, 0.25) is 5.91 Å². The van der Waals surface area contributed by atoms with Crippen molar-refractivity contribution in [2.75, 3.05) is 24.6 Å². The van der Waals surface area contributed by atoms with Crippen LogP contribution in [-0.2, 0) is 9.53 Å². The predicted molar refractivity (Wildman–Crippen MR) is 94.7 cm³/mol. The molecule has 1 amide bonds. The van der Waals surface area contributed by atoms with Gasteiger partial charge in [-0.15, -0.1) is 14.8 Å². The molecule has 140 valence electrons. The van der Waals surface area contributed by atoms with E-state index < -0.39 is 0 Å². The molecule has 2 atom stereocenters. The van der Waals surface area contributed by atoms with Crippen molar-refractivity contribution in [3.05, 3.63) is 12.1 Å². The molecule has 2 unspecified atom stereocenters. The van der Waals surface area contributed by atoms with Crippen molar-refractivity contribution in [1.29, 1.82) is 0 Å². The molecule has 2 aliphatic rings. The Morgan fingerprint density at radius 3 is 3.08 bits per heavy atom. The van der Waals surface area contributed by atoms with Gasteiger partial charge in [0, 0.05) is 25.7 Å². The molecule has 2 saturated heterocycles. The highest BCUT2D eigenvalue weighted by Crippen LogP contribution is 2.26. The third-order valence-corrected chi connectivity index (χ3v) is 5.22. The van der Waals surface area contributed by atoms with Gasteiger partial charge < -0.3 is 15.0 Å². The number of hydrogen-bond acceptors (Lipinski definition) is 7. The van der Waals surface area contributed by atoms with Crippen molar-refractivity contribution in [3.63, 3.8) is 0 Å². The van der Waals surface area contributed by atoms with Gasteiger partial charge in [0.05, 0.1) is 11.5 Å². The van der Waals surface area contributed by atoms with Gasteiger partial charge in [0.15, 0.2) is 11.5 Å². The number of ether oxygens (including phenoxy) is 1. The predicted octanol–water partition coefficient (Wildman–Crippen LogP) is 0.809. The standard InChI is InChI=1S/C17H25N7O2/c1-17(2)10-13(7-9-26-17)18-16(25)12-4-3-8-23(11-12)15-6-5-14-19-21-22-24(14)20-15/h5-6,12-13H,3-4,7-11H2,1-2H3,(H,18,25). The van der Waals surface area contributed by atoms with Gasteiger partial charge in [0.1, 0.15) is 0 Å². The number of tetrazole rings is 1. The van der Waals surface area contributed by atoms with Crippen LogP contribution in [0.3, 0.4) is 0 Å². The topological polar surface area (TPSA) is 97.5 Å². The van der Waals surface area contributed by atoms with E-state index in [1.54, 1.807) is 0 Å². The SMILES string of the molecule is CC1(C)CC(NC(=O)C2CCCN(c3ccc4nnnn4n3)C2)CCO1. The van der Waals surface area contributed by atoms with E-state index in [0.717, 1.165) is 38.0 Å². The van der Waals surface area contributed by atoms with Crippen molar-refractivity contribution in [3.8, 4) is 0 Å². The first-order valence-electron chi connectivity index (χ1n) is 9.25. The largest absolute Gasteiger partial charge is 0.375 e. The molecule has 0 aromatic carbocycles. The smallest absolute Gasteiger partial charge is 0.225 e. The molecular formula is C17H25N7O2. The maximum absolute atomic E-state index is 12.8. The Bertz CT molecular complexity index is 790.